The molecule has 0 saturated carbocycles. The normalized spacial score (nSPS) is 17.0. The van der Waals surface area contributed by atoms with Crippen molar-refractivity contribution in [3.63, 3.8) is 0 Å². The number of benzene rings is 1. The number of hydrogen-bond acceptors (Lipinski definition) is 1. The van der Waals surface area contributed by atoms with Gasteiger partial charge in [0.1, 0.15) is 0 Å². The van der Waals surface area contributed by atoms with Gasteiger partial charge in [-0.25, -0.2) is 0 Å². The number of aryl methyl sites for hydroxylation is 2. The number of hydrogen-bond donors (Lipinski definition) is 1. The zero-order valence-electron chi connectivity index (χ0n) is 10.4. The molecule has 0 radical (unpaired) electrons. The van der Waals surface area contributed by atoms with E-state index in [2.05, 4.69) is 18.2 Å². The van der Waals surface area contributed by atoms with Crippen LogP contribution < -0.4 is 0 Å². The molecule has 0 bridgehead atoms. The molecule has 1 aromatic carbocycles. The van der Waals surface area contributed by atoms with Crippen molar-refractivity contribution in [1.29, 1.82) is 0 Å². The van der Waals surface area contributed by atoms with Crippen LogP contribution in [0, 0.1) is 5.92 Å². The number of carboxylic acids is 1. The van der Waals surface area contributed by atoms with Crippen LogP contribution in [-0.2, 0) is 24.1 Å². The number of carbonyl (C=O) groups is 1. The Morgan fingerprint density at radius 3 is 2.65 bits per heavy atom. The zero-order chi connectivity index (χ0) is 12.3. The van der Waals surface area contributed by atoms with Crippen LogP contribution in [0.15, 0.2) is 18.2 Å². The third-order valence-electron chi connectivity index (χ3n) is 3.63. The Morgan fingerprint density at radius 2 is 1.94 bits per heavy atom. The van der Waals surface area contributed by atoms with Crippen LogP contribution in [0.2, 0.25) is 0 Å². The Labute approximate surface area is 103 Å². The molecule has 0 fully saturated rings. The number of rotatable bonds is 3. The molecule has 1 N–H and O–H groups in total. The molecule has 92 valence electrons. The van der Waals surface area contributed by atoms with Crippen LogP contribution in [0.1, 0.15) is 42.9 Å². The summed E-state index contributed by atoms with van der Waals surface area (Å²) in [5.74, 6) is -1.00. The van der Waals surface area contributed by atoms with Crippen LogP contribution in [0.4, 0.5) is 0 Å². The molecule has 0 aromatic heterocycles. The highest BCUT2D eigenvalue weighted by Crippen LogP contribution is 2.22. The van der Waals surface area contributed by atoms with Gasteiger partial charge in [-0.3, -0.25) is 4.79 Å². The lowest BCUT2D eigenvalue weighted by Crippen LogP contribution is -2.12. The highest BCUT2D eigenvalue weighted by atomic mass is 16.4. The minimum Gasteiger partial charge on any atom is -0.481 e. The van der Waals surface area contributed by atoms with E-state index in [1.165, 1.54) is 42.4 Å². The van der Waals surface area contributed by atoms with Crippen molar-refractivity contribution >= 4 is 5.97 Å². The lowest BCUT2D eigenvalue weighted by molar-refractivity contribution is -0.141. The summed E-state index contributed by atoms with van der Waals surface area (Å²) in [6.07, 6.45) is 6.86. The maximum atomic E-state index is 10.8. The van der Waals surface area contributed by atoms with E-state index < -0.39 is 5.97 Å². The van der Waals surface area contributed by atoms with Crippen molar-refractivity contribution in [1.82, 2.24) is 0 Å². The summed E-state index contributed by atoms with van der Waals surface area (Å²) in [5, 5.41) is 8.93. The summed E-state index contributed by atoms with van der Waals surface area (Å²) in [7, 11) is 0. The quantitative estimate of drug-likeness (QED) is 0.812. The second-order valence-electron chi connectivity index (χ2n) is 5.11. The lowest BCUT2D eigenvalue weighted by Gasteiger charge is -2.10. The Kier molecular flexibility index (Phi) is 3.82. The molecule has 17 heavy (non-hydrogen) atoms. The van der Waals surface area contributed by atoms with Gasteiger partial charge < -0.3 is 5.11 Å². The summed E-state index contributed by atoms with van der Waals surface area (Å²) >= 11 is 0. The average Bonchev–Trinajstić information content (AvgIpc) is 2.53. The number of aliphatic carboxylic acids is 1. The van der Waals surface area contributed by atoms with E-state index in [0.29, 0.717) is 6.42 Å². The topological polar surface area (TPSA) is 37.3 Å². The van der Waals surface area contributed by atoms with E-state index in [1.807, 2.05) is 0 Å². The molecule has 0 amide bonds. The minimum atomic E-state index is -0.708. The Balaban J connectivity index is 2.15. The molecule has 1 aliphatic carbocycles. The van der Waals surface area contributed by atoms with Crippen LogP contribution in [0.3, 0.4) is 0 Å². The first kappa shape index (κ1) is 12.2. The van der Waals surface area contributed by atoms with E-state index in [-0.39, 0.29) is 5.92 Å². The monoisotopic (exact) mass is 232 g/mol. The second-order valence-corrected chi connectivity index (χ2v) is 5.11. The molecule has 2 rings (SSSR count). The molecular weight excluding hydrogens is 212 g/mol. The molecule has 2 nitrogen and oxygen atoms in total. The smallest absolute Gasteiger partial charge is 0.306 e. The standard InChI is InChI=1S/C15H20O2/c1-11(15(16)17)9-12-7-8-13-5-3-2-4-6-14(13)10-12/h7-8,10-11H,2-6,9H2,1H3,(H,16,17). The lowest BCUT2D eigenvalue weighted by atomic mass is 9.95. The van der Waals surface area contributed by atoms with Crippen LogP contribution in [0.5, 0.6) is 0 Å². The summed E-state index contributed by atoms with van der Waals surface area (Å²) in [4.78, 5) is 10.8. The van der Waals surface area contributed by atoms with Crippen LogP contribution >= 0.6 is 0 Å². The molecule has 0 heterocycles. The molecule has 1 unspecified atom stereocenters. The van der Waals surface area contributed by atoms with Gasteiger partial charge >= 0.3 is 5.97 Å². The molecule has 1 aromatic rings. The fourth-order valence-electron chi connectivity index (χ4n) is 2.53. The second kappa shape index (κ2) is 5.35. The third-order valence-corrected chi connectivity index (χ3v) is 3.63. The fourth-order valence-corrected chi connectivity index (χ4v) is 2.53. The molecule has 2 heteroatoms. The van der Waals surface area contributed by atoms with Gasteiger partial charge in [-0.2, -0.15) is 0 Å². The average molecular weight is 232 g/mol. The molecule has 0 aliphatic heterocycles. The SMILES string of the molecule is CC(Cc1ccc2c(c1)CCCCC2)C(=O)O. The molecule has 0 spiro atoms. The summed E-state index contributed by atoms with van der Waals surface area (Å²) < 4.78 is 0. The highest BCUT2D eigenvalue weighted by molar-refractivity contribution is 5.69. The maximum absolute atomic E-state index is 10.8. The first-order valence-corrected chi connectivity index (χ1v) is 6.50. The highest BCUT2D eigenvalue weighted by Gasteiger charge is 2.13. The first-order chi connectivity index (χ1) is 8.16. The molecule has 1 atom stereocenters. The zero-order valence-corrected chi connectivity index (χ0v) is 10.4. The van der Waals surface area contributed by atoms with Gasteiger partial charge in [0.2, 0.25) is 0 Å². The van der Waals surface area contributed by atoms with Gasteiger partial charge in [-0.05, 0) is 48.8 Å². The summed E-state index contributed by atoms with van der Waals surface area (Å²) in [6, 6.07) is 6.52. The molecule has 1 aliphatic rings. The van der Waals surface area contributed by atoms with Crippen molar-refractivity contribution < 1.29 is 9.90 Å². The summed E-state index contributed by atoms with van der Waals surface area (Å²) in [6.45, 7) is 1.77. The number of carboxylic acid groups (broad SMARTS) is 1. The van der Waals surface area contributed by atoms with Gasteiger partial charge in [0.05, 0.1) is 5.92 Å². The van der Waals surface area contributed by atoms with Crippen LogP contribution in [-0.4, -0.2) is 11.1 Å². The predicted octanol–water partition coefficient (Wildman–Crippen LogP) is 3.22. The number of fused-ring (bicyclic) bond motifs is 1. The van der Waals surface area contributed by atoms with Crippen molar-refractivity contribution in [3.8, 4) is 0 Å². The third kappa shape index (κ3) is 3.09. The fraction of sp³-hybridized carbons (Fsp3) is 0.533. The largest absolute Gasteiger partial charge is 0.481 e. The maximum Gasteiger partial charge on any atom is 0.306 e. The van der Waals surface area contributed by atoms with Crippen molar-refractivity contribution in [2.75, 3.05) is 0 Å². The summed E-state index contributed by atoms with van der Waals surface area (Å²) in [5.41, 5.74) is 4.08. The van der Waals surface area contributed by atoms with E-state index >= 15 is 0 Å². The Hall–Kier alpha value is -1.31. The van der Waals surface area contributed by atoms with Gasteiger partial charge in [-0.1, -0.05) is 31.5 Å². The van der Waals surface area contributed by atoms with E-state index in [0.717, 1.165) is 6.42 Å². The van der Waals surface area contributed by atoms with Crippen molar-refractivity contribution in [3.05, 3.63) is 34.9 Å². The van der Waals surface area contributed by atoms with Gasteiger partial charge in [0, 0.05) is 0 Å². The van der Waals surface area contributed by atoms with E-state index in [4.69, 9.17) is 5.11 Å². The van der Waals surface area contributed by atoms with Crippen molar-refractivity contribution in [2.24, 2.45) is 5.92 Å². The van der Waals surface area contributed by atoms with E-state index in [9.17, 15) is 4.79 Å². The Morgan fingerprint density at radius 1 is 1.24 bits per heavy atom. The predicted molar refractivity (Wildman–Crippen MR) is 68.2 cm³/mol. The van der Waals surface area contributed by atoms with Gasteiger partial charge in [0.15, 0.2) is 0 Å². The van der Waals surface area contributed by atoms with Gasteiger partial charge in [0.25, 0.3) is 0 Å². The Bertz CT molecular complexity index is 409. The van der Waals surface area contributed by atoms with E-state index in [1.54, 1.807) is 6.92 Å². The van der Waals surface area contributed by atoms with Crippen LogP contribution in [0.25, 0.3) is 0 Å². The van der Waals surface area contributed by atoms with Gasteiger partial charge in [-0.15, -0.1) is 0 Å². The van der Waals surface area contributed by atoms with Crippen molar-refractivity contribution in [2.45, 2.75) is 45.4 Å². The molecular formula is C15H20O2. The minimum absolute atomic E-state index is 0.293. The first-order valence-electron chi connectivity index (χ1n) is 6.50. The molecule has 0 saturated heterocycles.